The number of benzene rings is 1. The van der Waals surface area contributed by atoms with Gasteiger partial charge in [0.25, 0.3) is 5.91 Å². The van der Waals surface area contributed by atoms with Gasteiger partial charge in [-0.25, -0.2) is 4.79 Å². The number of amides is 2. The van der Waals surface area contributed by atoms with E-state index in [1.807, 2.05) is 30.3 Å². The number of rotatable bonds is 6. The molecule has 0 radical (unpaired) electrons. The Bertz CT molecular complexity index is 1080. The summed E-state index contributed by atoms with van der Waals surface area (Å²) in [5.74, 6) is -2.14. The number of nitrogens with one attached hydrogen (secondary N) is 1. The first-order chi connectivity index (χ1) is 14.4. The smallest absolute Gasteiger partial charge is 0.353 e. The predicted octanol–water partition coefficient (Wildman–Crippen LogP) is 0.763. The van der Waals surface area contributed by atoms with Crippen LogP contribution in [0.15, 0.2) is 36.0 Å². The molecule has 1 aromatic carbocycles. The van der Waals surface area contributed by atoms with Gasteiger partial charge in [-0.05, 0) is 5.56 Å². The molecule has 2 aliphatic rings. The highest BCUT2D eigenvalue weighted by atomic mass is 32.2. The van der Waals surface area contributed by atoms with E-state index in [0.29, 0.717) is 5.01 Å². The largest absolute Gasteiger partial charge is 0.477 e. The van der Waals surface area contributed by atoms with E-state index in [2.05, 4.69) is 15.5 Å². The Kier molecular flexibility index (Phi) is 5.64. The quantitative estimate of drug-likeness (QED) is 0.420. The molecule has 0 spiro atoms. The Hall–Kier alpha value is -2.67. The van der Waals surface area contributed by atoms with Crippen molar-refractivity contribution in [2.45, 2.75) is 23.7 Å². The number of hydrogen-bond acceptors (Lipinski definition) is 9. The van der Waals surface area contributed by atoms with Gasteiger partial charge in [-0.15, -0.1) is 22.0 Å². The minimum Gasteiger partial charge on any atom is -0.477 e. The van der Waals surface area contributed by atoms with E-state index < -0.39 is 22.6 Å². The number of β-lactam (4-membered cyclic amide) rings is 1. The van der Waals surface area contributed by atoms with Crippen molar-refractivity contribution >= 4 is 63.5 Å². The molecule has 4 rings (SSSR count). The molecule has 1 unspecified atom stereocenters. The molecule has 0 bridgehead atoms. The summed E-state index contributed by atoms with van der Waals surface area (Å²) in [6.07, 6.45) is 0.121. The molecule has 1 fully saturated rings. The second kappa shape index (κ2) is 8.22. The fraction of sp³-hybridized carbons (Fsp3) is 0.222. The van der Waals surface area contributed by atoms with E-state index in [9.17, 15) is 19.5 Å². The second-order valence-corrected chi connectivity index (χ2v) is 9.10. The Morgan fingerprint density at radius 3 is 2.63 bits per heavy atom. The molecule has 3 heterocycles. The van der Waals surface area contributed by atoms with Crippen LogP contribution in [0.5, 0.6) is 0 Å². The van der Waals surface area contributed by atoms with E-state index in [-0.39, 0.29) is 40.0 Å². The molecule has 0 aliphatic carbocycles. The van der Waals surface area contributed by atoms with Crippen molar-refractivity contribution < 1.29 is 19.5 Å². The second-order valence-electron chi connectivity index (χ2n) is 6.41. The van der Waals surface area contributed by atoms with Crippen molar-refractivity contribution in [3.05, 3.63) is 51.6 Å². The van der Waals surface area contributed by atoms with E-state index in [4.69, 9.17) is 18.0 Å². The third-order valence-electron chi connectivity index (χ3n) is 4.49. The van der Waals surface area contributed by atoms with E-state index in [0.717, 1.165) is 21.8 Å². The van der Waals surface area contributed by atoms with Crippen LogP contribution in [0, 0.1) is 0 Å². The van der Waals surface area contributed by atoms with Crippen LogP contribution in [-0.4, -0.2) is 53.6 Å². The van der Waals surface area contributed by atoms with Crippen LogP contribution >= 0.6 is 35.3 Å². The third-order valence-corrected chi connectivity index (χ3v) is 7.34. The molecule has 30 heavy (non-hydrogen) atoms. The number of thioether (sulfide) groups is 1. The molecule has 12 heteroatoms. The standard InChI is InChI=1S/C18H15N5O4S3/c19-7-10-21-22-15(29-10)11-12(18(26)27)23-16(25)13(28)17(23)30-14(11)20-9(24)6-8-4-2-1-3-5-8/h1-5,14,17H,6-7,19H2,(H,20,24)(H,26,27)/t14?,17-/m0/s1. The molecule has 2 aliphatic heterocycles. The maximum Gasteiger partial charge on any atom is 0.353 e. The lowest BCUT2D eigenvalue weighted by Crippen LogP contribution is -2.63. The van der Waals surface area contributed by atoms with Gasteiger partial charge < -0.3 is 16.2 Å². The van der Waals surface area contributed by atoms with E-state index >= 15 is 0 Å². The van der Waals surface area contributed by atoms with Gasteiger partial charge in [0, 0.05) is 6.54 Å². The number of nitrogens with two attached hydrogens (primary N) is 1. The number of carbonyl (C=O) groups excluding carboxylic acids is 2. The van der Waals surface area contributed by atoms with Crippen molar-refractivity contribution in [2.75, 3.05) is 0 Å². The molecular formula is C18H15N5O4S3. The number of hydrogen-bond donors (Lipinski definition) is 3. The first-order valence-corrected chi connectivity index (χ1v) is 10.9. The Labute approximate surface area is 184 Å². The summed E-state index contributed by atoms with van der Waals surface area (Å²) in [6.45, 7) is 0.140. The van der Waals surface area contributed by atoms with Gasteiger partial charge in [0.05, 0.1) is 12.0 Å². The highest BCUT2D eigenvalue weighted by Crippen LogP contribution is 2.46. The number of fused-ring (bicyclic) bond motifs is 1. The molecule has 154 valence electrons. The van der Waals surface area contributed by atoms with Crippen molar-refractivity contribution in [2.24, 2.45) is 5.73 Å². The first-order valence-electron chi connectivity index (χ1n) is 8.77. The Morgan fingerprint density at radius 2 is 2.00 bits per heavy atom. The Morgan fingerprint density at radius 1 is 1.27 bits per heavy atom. The molecule has 2 atom stereocenters. The number of aliphatic carboxylic acids is 1. The topological polar surface area (TPSA) is 139 Å². The van der Waals surface area contributed by atoms with Crippen molar-refractivity contribution in [1.29, 1.82) is 0 Å². The fourth-order valence-electron chi connectivity index (χ4n) is 3.14. The number of carboxylic acid groups (broad SMARTS) is 1. The lowest BCUT2D eigenvalue weighted by atomic mass is 10.1. The van der Waals surface area contributed by atoms with Gasteiger partial charge in [0.2, 0.25) is 5.91 Å². The van der Waals surface area contributed by atoms with E-state index in [1.54, 1.807) is 0 Å². The van der Waals surface area contributed by atoms with Gasteiger partial charge in [-0.2, -0.15) is 0 Å². The number of aromatic nitrogens is 2. The minimum atomic E-state index is -1.31. The molecule has 2 amide bonds. The first kappa shape index (κ1) is 20.6. The van der Waals surface area contributed by atoms with Gasteiger partial charge in [0.15, 0.2) is 0 Å². The molecule has 1 saturated heterocycles. The summed E-state index contributed by atoms with van der Waals surface area (Å²) in [5, 5.41) is 20.1. The third kappa shape index (κ3) is 3.62. The summed E-state index contributed by atoms with van der Waals surface area (Å²) < 4.78 is 0. The Balaban J connectivity index is 1.72. The number of thiocarbonyl (C=S) groups is 1. The monoisotopic (exact) mass is 461 g/mol. The zero-order valence-corrected chi connectivity index (χ0v) is 17.7. The zero-order chi connectivity index (χ0) is 21.4. The molecule has 4 N–H and O–H groups in total. The lowest BCUT2D eigenvalue weighted by molar-refractivity contribution is -0.138. The molecule has 1 aromatic heterocycles. The highest BCUT2D eigenvalue weighted by Gasteiger charge is 2.53. The van der Waals surface area contributed by atoms with Gasteiger partial charge in [-0.1, -0.05) is 53.9 Å². The zero-order valence-electron chi connectivity index (χ0n) is 15.3. The average Bonchev–Trinajstić information content (AvgIpc) is 3.21. The summed E-state index contributed by atoms with van der Waals surface area (Å²) in [7, 11) is 0. The van der Waals surface area contributed by atoms with Gasteiger partial charge >= 0.3 is 5.97 Å². The number of nitrogens with zero attached hydrogens (tertiary/aromatic N) is 3. The maximum absolute atomic E-state index is 12.7. The van der Waals surface area contributed by atoms with Crippen LogP contribution in [0.25, 0.3) is 5.57 Å². The fourth-order valence-corrected chi connectivity index (χ4v) is 5.74. The summed E-state index contributed by atoms with van der Waals surface area (Å²) >= 11 is 7.42. The van der Waals surface area contributed by atoms with Crippen molar-refractivity contribution in [3.63, 3.8) is 0 Å². The van der Waals surface area contributed by atoms with Crippen LogP contribution in [-0.2, 0) is 27.3 Å². The van der Waals surface area contributed by atoms with Crippen LogP contribution in [0.1, 0.15) is 15.6 Å². The summed E-state index contributed by atoms with van der Waals surface area (Å²) in [4.78, 5) is 38.3. The normalized spacial score (nSPS) is 20.6. The number of carboxylic acids is 1. The van der Waals surface area contributed by atoms with Crippen LogP contribution in [0.3, 0.4) is 0 Å². The minimum absolute atomic E-state index is 0.121. The molecular weight excluding hydrogens is 446 g/mol. The van der Waals surface area contributed by atoms with Crippen LogP contribution < -0.4 is 11.1 Å². The maximum atomic E-state index is 12.7. The molecule has 0 saturated carbocycles. The predicted molar refractivity (Wildman–Crippen MR) is 115 cm³/mol. The van der Waals surface area contributed by atoms with Gasteiger partial charge in [0.1, 0.15) is 31.3 Å². The van der Waals surface area contributed by atoms with Crippen LogP contribution in [0.2, 0.25) is 0 Å². The molecule has 2 aromatic rings. The summed E-state index contributed by atoms with van der Waals surface area (Å²) in [6, 6.07) is 9.17. The van der Waals surface area contributed by atoms with Crippen molar-refractivity contribution in [3.8, 4) is 0 Å². The van der Waals surface area contributed by atoms with Crippen LogP contribution in [0.4, 0.5) is 0 Å². The average molecular weight is 462 g/mol. The summed E-state index contributed by atoms with van der Waals surface area (Å²) in [5.41, 5.74) is 6.38. The van der Waals surface area contributed by atoms with Crippen molar-refractivity contribution in [1.82, 2.24) is 20.4 Å². The SMILES string of the molecule is NCc1nnc(C2=C(C(=O)O)N3C(=O)C(=S)[C@@H]3SC2NC(=O)Cc2ccccc2)s1. The van der Waals surface area contributed by atoms with Gasteiger partial charge in [-0.3, -0.25) is 14.5 Å². The molecule has 9 nitrogen and oxygen atoms in total. The highest BCUT2D eigenvalue weighted by molar-refractivity contribution is 8.03. The number of carbonyl (C=O) groups is 3. The van der Waals surface area contributed by atoms with E-state index in [1.165, 1.54) is 11.8 Å². The lowest BCUT2D eigenvalue weighted by Gasteiger charge is -2.46.